The number of carbonyl (C=O) groups is 1. The molecule has 0 saturated carbocycles. The van der Waals surface area contributed by atoms with Crippen LogP contribution >= 0.6 is 15.9 Å². The largest absolute Gasteiger partial charge is 0.497 e. The van der Waals surface area contributed by atoms with Gasteiger partial charge in [-0.1, -0.05) is 24.3 Å². The highest BCUT2D eigenvalue weighted by molar-refractivity contribution is 9.10. The number of ether oxygens (including phenoxy) is 2. The molecule has 5 heteroatoms. The van der Waals surface area contributed by atoms with Crippen molar-refractivity contribution in [3.63, 3.8) is 0 Å². The molecule has 0 unspecified atom stereocenters. The van der Waals surface area contributed by atoms with Gasteiger partial charge < -0.3 is 14.8 Å². The van der Waals surface area contributed by atoms with E-state index in [9.17, 15) is 4.79 Å². The van der Waals surface area contributed by atoms with Crippen molar-refractivity contribution in [1.82, 2.24) is 5.32 Å². The molecule has 0 saturated heterocycles. The predicted octanol–water partition coefficient (Wildman–Crippen LogP) is 3.20. The van der Waals surface area contributed by atoms with Crippen LogP contribution in [0.25, 0.3) is 0 Å². The van der Waals surface area contributed by atoms with Crippen molar-refractivity contribution in [3.8, 4) is 11.5 Å². The second-order valence-electron chi connectivity index (χ2n) is 4.67. The number of hydrogen-bond acceptors (Lipinski definition) is 3. The highest BCUT2D eigenvalue weighted by atomic mass is 79.9. The summed E-state index contributed by atoms with van der Waals surface area (Å²) in [5.41, 5.74) is 1.15. The second-order valence-corrected chi connectivity index (χ2v) is 5.52. The van der Waals surface area contributed by atoms with Gasteiger partial charge in [-0.05, 0) is 52.2 Å². The summed E-state index contributed by atoms with van der Waals surface area (Å²) in [6.07, 6.45) is 0.769. The molecule has 22 heavy (non-hydrogen) atoms. The third kappa shape index (κ3) is 5.07. The molecule has 0 radical (unpaired) electrons. The van der Waals surface area contributed by atoms with Crippen LogP contribution in [0.3, 0.4) is 0 Å². The minimum atomic E-state index is -0.135. The number of methoxy groups -OCH3 is 1. The number of carbonyl (C=O) groups excluding carboxylic acids is 1. The monoisotopic (exact) mass is 363 g/mol. The average Bonchev–Trinajstić information content (AvgIpc) is 2.55. The van der Waals surface area contributed by atoms with Crippen LogP contribution in [-0.4, -0.2) is 26.2 Å². The number of hydrogen-bond donors (Lipinski definition) is 1. The lowest BCUT2D eigenvalue weighted by molar-refractivity contribution is -0.123. The summed E-state index contributed by atoms with van der Waals surface area (Å²) in [6, 6.07) is 15.2. The highest BCUT2D eigenvalue weighted by Gasteiger charge is 2.04. The second kappa shape index (κ2) is 8.44. The van der Waals surface area contributed by atoms with Gasteiger partial charge in [-0.2, -0.15) is 0 Å². The Bertz CT molecular complexity index is 614. The number of para-hydroxylation sites is 1. The topological polar surface area (TPSA) is 47.6 Å². The van der Waals surface area contributed by atoms with Crippen LogP contribution in [0.5, 0.6) is 11.5 Å². The Morgan fingerprint density at radius 1 is 1.14 bits per heavy atom. The van der Waals surface area contributed by atoms with E-state index < -0.39 is 0 Å². The summed E-state index contributed by atoms with van der Waals surface area (Å²) in [5, 5.41) is 2.84. The molecule has 1 N–H and O–H groups in total. The fourth-order valence-corrected chi connectivity index (χ4v) is 2.29. The summed E-state index contributed by atoms with van der Waals surface area (Å²) >= 11 is 3.37. The Hall–Kier alpha value is -2.01. The van der Waals surface area contributed by atoms with E-state index >= 15 is 0 Å². The van der Waals surface area contributed by atoms with E-state index in [2.05, 4.69) is 21.2 Å². The zero-order chi connectivity index (χ0) is 15.8. The first-order chi connectivity index (χ1) is 10.7. The lowest BCUT2D eigenvalue weighted by Gasteiger charge is -2.09. The van der Waals surface area contributed by atoms with Gasteiger partial charge in [0.2, 0.25) is 0 Å². The molecule has 0 aromatic heterocycles. The van der Waals surface area contributed by atoms with Crippen LogP contribution in [0, 0.1) is 0 Å². The zero-order valence-electron chi connectivity index (χ0n) is 12.3. The Labute approximate surface area is 138 Å². The van der Waals surface area contributed by atoms with E-state index in [1.165, 1.54) is 0 Å². The molecule has 0 aliphatic rings. The van der Waals surface area contributed by atoms with Gasteiger partial charge in [0, 0.05) is 6.54 Å². The van der Waals surface area contributed by atoms with Crippen LogP contribution in [0.2, 0.25) is 0 Å². The molecule has 0 fully saturated rings. The molecule has 0 spiro atoms. The molecular formula is C17H18BrNO3. The molecule has 116 valence electrons. The number of halogens is 1. The Kier molecular flexibility index (Phi) is 6.27. The van der Waals surface area contributed by atoms with Crippen molar-refractivity contribution >= 4 is 21.8 Å². The van der Waals surface area contributed by atoms with Gasteiger partial charge in [0.1, 0.15) is 11.5 Å². The first-order valence-electron chi connectivity index (χ1n) is 6.96. The number of rotatable bonds is 7. The lowest BCUT2D eigenvalue weighted by atomic mass is 10.1. The van der Waals surface area contributed by atoms with E-state index in [0.29, 0.717) is 12.3 Å². The predicted molar refractivity (Wildman–Crippen MR) is 89.3 cm³/mol. The molecule has 1 amide bonds. The summed E-state index contributed by atoms with van der Waals surface area (Å²) < 4.78 is 11.4. The Morgan fingerprint density at radius 2 is 1.86 bits per heavy atom. The summed E-state index contributed by atoms with van der Waals surface area (Å²) in [7, 11) is 1.64. The van der Waals surface area contributed by atoms with Crippen LogP contribution in [0.15, 0.2) is 53.0 Å². The summed E-state index contributed by atoms with van der Waals surface area (Å²) in [6.45, 7) is 0.579. The normalized spacial score (nSPS) is 10.1. The van der Waals surface area contributed by atoms with Crippen molar-refractivity contribution in [2.75, 3.05) is 20.3 Å². The van der Waals surface area contributed by atoms with Gasteiger partial charge in [-0.15, -0.1) is 0 Å². The third-order valence-corrected chi connectivity index (χ3v) is 3.75. The maximum Gasteiger partial charge on any atom is 0.257 e. The maximum atomic E-state index is 11.7. The fourth-order valence-electron chi connectivity index (χ4n) is 1.89. The maximum absolute atomic E-state index is 11.7. The van der Waals surface area contributed by atoms with E-state index in [1.807, 2.05) is 48.5 Å². The standard InChI is InChI=1S/C17H18BrNO3/c1-21-14-8-6-13(7-9-14)10-11-19-17(20)12-22-16-5-3-2-4-15(16)18/h2-9H,10-12H2,1H3,(H,19,20). The van der Waals surface area contributed by atoms with Gasteiger partial charge in [0.15, 0.2) is 6.61 Å². The lowest BCUT2D eigenvalue weighted by Crippen LogP contribution is -2.30. The van der Waals surface area contributed by atoms with Gasteiger partial charge in [0.25, 0.3) is 5.91 Å². The van der Waals surface area contributed by atoms with Crippen LogP contribution in [-0.2, 0) is 11.2 Å². The van der Waals surface area contributed by atoms with Crippen molar-refractivity contribution in [3.05, 3.63) is 58.6 Å². The van der Waals surface area contributed by atoms with Crippen molar-refractivity contribution in [2.45, 2.75) is 6.42 Å². The fraction of sp³-hybridized carbons (Fsp3) is 0.235. The van der Waals surface area contributed by atoms with E-state index in [4.69, 9.17) is 9.47 Å². The van der Waals surface area contributed by atoms with Crippen molar-refractivity contribution < 1.29 is 14.3 Å². The third-order valence-electron chi connectivity index (χ3n) is 3.09. The molecular weight excluding hydrogens is 346 g/mol. The van der Waals surface area contributed by atoms with Crippen molar-refractivity contribution in [2.24, 2.45) is 0 Å². The Balaban J connectivity index is 1.70. The molecule has 2 rings (SSSR count). The number of benzene rings is 2. The average molecular weight is 364 g/mol. The molecule has 4 nitrogen and oxygen atoms in total. The van der Waals surface area contributed by atoms with Gasteiger partial charge >= 0.3 is 0 Å². The zero-order valence-corrected chi connectivity index (χ0v) is 13.9. The minimum Gasteiger partial charge on any atom is -0.497 e. The smallest absolute Gasteiger partial charge is 0.257 e. The van der Waals surface area contributed by atoms with Crippen LogP contribution in [0.4, 0.5) is 0 Å². The minimum absolute atomic E-state index is 0.00518. The number of amides is 1. The van der Waals surface area contributed by atoms with Crippen LogP contribution < -0.4 is 14.8 Å². The summed E-state index contributed by atoms with van der Waals surface area (Å²) in [5.74, 6) is 1.35. The molecule has 0 aliphatic heterocycles. The van der Waals surface area contributed by atoms with Crippen molar-refractivity contribution in [1.29, 1.82) is 0 Å². The molecule has 2 aromatic rings. The van der Waals surface area contributed by atoms with Crippen LogP contribution in [0.1, 0.15) is 5.56 Å². The van der Waals surface area contributed by atoms with E-state index in [-0.39, 0.29) is 12.5 Å². The molecule has 0 bridgehead atoms. The SMILES string of the molecule is COc1ccc(CCNC(=O)COc2ccccc2Br)cc1. The molecule has 0 aliphatic carbocycles. The quantitative estimate of drug-likeness (QED) is 0.821. The van der Waals surface area contributed by atoms with E-state index in [1.54, 1.807) is 7.11 Å². The summed E-state index contributed by atoms with van der Waals surface area (Å²) in [4.78, 5) is 11.7. The van der Waals surface area contributed by atoms with Gasteiger partial charge in [-0.3, -0.25) is 4.79 Å². The van der Waals surface area contributed by atoms with Gasteiger partial charge in [-0.25, -0.2) is 0 Å². The molecule has 0 heterocycles. The molecule has 0 atom stereocenters. The highest BCUT2D eigenvalue weighted by Crippen LogP contribution is 2.23. The Morgan fingerprint density at radius 3 is 2.55 bits per heavy atom. The first-order valence-corrected chi connectivity index (χ1v) is 7.75. The van der Waals surface area contributed by atoms with Gasteiger partial charge in [0.05, 0.1) is 11.6 Å². The van der Waals surface area contributed by atoms with E-state index in [0.717, 1.165) is 22.2 Å². The first kappa shape index (κ1) is 16.4. The molecule has 2 aromatic carbocycles. The number of nitrogens with one attached hydrogen (secondary N) is 1.